The first-order valence-electron chi connectivity index (χ1n) is 6.48. The summed E-state index contributed by atoms with van der Waals surface area (Å²) in [4.78, 5) is 25.1. The van der Waals surface area contributed by atoms with Gasteiger partial charge in [-0.25, -0.2) is 0 Å². The van der Waals surface area contributed by atoms with E-state index >= 15 is 0 Å². The van der Waals surface area contributed by atoms with Gasteiger partial charge in [0.1, 0.15) is 10.8 Å². The first-order chi connectivity index (χ1) is 9.63. The Kier molecular flexibility index (Phi) is 2.12. The Morgan fingerprint density at radius 3 is 1.35 bits per heavy atom. The normalized spacial score (nSPS) is 49.5. The largest absolute Gasteiger partial charge is 0.468 e. The summed E-state index contributed by atoms with van der Waals surface area (Å²) < 4.78 is 21.7. The second-order valence-electron chi connectivity index (χ2n) is 5.45. The molecule has 0 aromatic carbocycles. The van der Waals surface area contributed by atoms with Gasteiger partial charge in [-0.2, -0.15) is 0 Å². The summed E-state index contributed by atoms with van der Waals surface area (Å²) in [5, 5.41) is 0. The molecule has 4 heterocycles. The molecule has 2 fully saturated rings. The van der Waals surface area contributed by atoms with Crippen molar-refractivity contribution in [2.75, 3.05) is 14.2 Å². The van der Waals surface area contributed by atoms with Gasteiger partial charge in [0.05, 0.1) is 38.6 Å². The lowest BCUT2D eigenvalue weighted by Crippen LogP contribution is -2.62. The van der Waals surface area contributed by atoms with E-state index in [2.05, 4.69) is 0 Å². The molecule has 4 rings (SSSR count). The van der Waals surface area contributed by atoms with Gasteiger partial charge in [-0.1, -0.05) is 24.3 Å². The topological polar surface area (TPSA) is 71.1 Å². The molecule has 2 saturated heterocycles. The highest BCUT2D eigenvalue weighted by Gasteiger charge is 2.85. The molecule has 4 aliphatic rings. The Labute approximate surface area is 115 Å². The maximum Gasteiger partial charge on any atom is 0.319 e. The van der Waals surface area contributed by atoms with Crippen molar-refractivity contribution >= 4 is 11.9 Å². The molecule has 4 bridgehead atoms. The number of fused-ring (bicyclic) bond motifs is 9. The molecule has 6 heteroatoms. The zero-order valence-electron chi connectivity index (χ0n) is 11.1. The molecule has 106 valence electrons. The van der Waals surface area contributed by atoms with E-state index in [-0.39, 0.29) is 0 Å². The molecule has 0 aliphatic carbocycles. The third-order valence-corrected chi connectivity index (χ3v) is 5.03. The van der Waals surface area contributed by atoms with Gasteiger partial charge in [-0.3, -0.25) is 9.59 Å². The van der Waals surface area contributed by atoms with Crippen LogP contribution >= 0.6 is 0 Å². The highest BCUT2D eigenvalue weighted by Crippen LogP contribution is 2.69. The fraction of sp³-hybridized carbons (Fsp3) is 0.571. The number of methoxy groups -OCH3 is 2. The van der Waals surface area contributed by atoms with E-state index in [1.54, 1.807) is 24.3 Å². The minimum Gasteiger partial charge on any atom is -0.468 e. The minimum atomic E-state index is -1.19. The SMILES string of the molecule is COC(=O)C12[C@@H]3C=C[C@@H](O3)C1(C(=O)OC)[C@@H]1C=C[C@H]2O1. The Morgan fingerprint density at radius 2 is 1.10 bits per heavy atom. The lowest BCUT2D eigenvalue weighted by Gasteiger charge is -2.42. The Hall–Kier alpha value is -1.66. The number of ether oxygens (including phenoxy) is 4. The highest BCUT2D eigenvalue weighted by molar-refractivity contribution is 5.94. The predicted octanol–water partition coefficient (Wildman–Crippen LogP) is -0.0204. The van der Waals surface area contributed by atoms with E-state index in [4.69, 9.17) is 18.9 Å². The second-order valence-corrected chi connectivity index (χ2v) is 5.45. The number of hydrogen-bond acceptors (Lipinski definition) is 6. The van der Waals surface area contributed by atoms with Crippen LogP contribution in [0.5, 0.6) is 0 Å². The average molecular weight is 278 g/mol. The molecule has 0 amide bonds. The Bertz CT molecular complexity index is 488. The zero-order valence-corrected chi connectivity index (χ0v) is 11.1. The molecule has 0 aromatic heterocycles. The number of carbonyl (C=O) groups excluding carboxylic acids is 2. The van der Waals surface area contributed by atoms with Gasteiger partial charge < -0.3 is 18.9 Å². The number of hydrogen-bond donors (Lipinski definition) is 0. The van der Waals surface area contributed by atoms with Gasteiger partial charge in [0.25, 0.3) is 0 Å². The van der Waals surface area contributed by atoms with E-state index in [1.807, 2.05) is 0 Å². The van der Waals surface area contributed by atoms with Crippen molar-refractivity contribution in [3.8, 4) is 0 Å². The van der Waals surface area contributed by atoms with Crippen LogP contribution in [-0.4, -0.2) is 50.6 Å². The Balaban J connectivity index is 2.01. The van der Waals surface area contributed by atoms with E-state index < -0.39 is 47.2 Å². The van der Waals surface area contributed by atoms with Gasteiger partial charge >= 0.3 is 11.9 Å². The number of rotatable bonds is 2. The smallest absolute Gasteiger partial charge is 0.319 e. The zero-order chi connectivity index (χ0) is 14.1. The van der Waals surface area contributed by atoms with Crippen molar-refractivity contribution in [2.24, 2.45) is 10.8 Å². The van der Waals surface area contributed by atoms with Gasteiger partial charge in [0.15, 0.2) is 0 Å². The Morgan fingerprint density at radius 1 is 0.800 bits per heavy atom. The van der Waals surface area contributed by atoms with Crippen LogP contribution in [0.3, 0.4) is 0 Å². The summed E-state index contributed by atoms with van der Waals surface area (Å²) in [6.07, 6.45) is 5.11. The van der Waals surface area contributed by atoms with Gasteiger partial charge in [0, 0.05) is 0 Å². The summed E-state index contributed by atoms with van der Waals surface area (Å²) >= 11 is 0. The van der Waals surface area contributed by atoms with Crippen LogP contribution in [-0.2, 0) is 28.5 Å². The number of esters is 2. The van der Waals surface area contributed by atoms with E-state index in [0.29, 0.717) is 0 Å². The third-order valence-electron chi connectivity index (χ3n) is 5.03. The molecule has 0 spiro atoms. The van der Waals surface area contributed by atoms with Crippen molar-refractivity contribution in [3.63, 3.8) is 0 Å². The van der Waals surface area contributed by atoms with Crippen LogP contribution in [0.4, 0.5) is 0 Å². The van der Waals surface area contributed by atoms with Gasteiger partial charge in [0.2, 0.25) is 0 Å². The maximum absolute atomic E-state index is 12.6. The molecular formula is C14H14O6. The monoisotopic (exact) mass is 278 g/mol. The van der Waals surface area contributed by atoms with Crippen LogP contribution in [0.2, 0.25) is 0 Å². The van der Waals surface area contributed by atoms with Crippen LogP contribution in [0.15, 0.2) is 24.3 Å². The molecule has 6 nitrogen and oxygen atoms in total. The molecule has 4 aliphatic heterocycles. The fourth-order valence-electron chi connectivity index (χ4n) is 4.34. The van der Waals surface area contributed by atoms with Crippen LogP contribution in [0.1, 0.15) is 0 Å². The predicted molar refractivity (Wildman–Crippen MR) is 64.5 cm³/mol. The van der Waals surface area contributed by atoms with Crippen molar-refractivity contribution in [1.29, 1.82) is 0 Å². The van der Waals surface area contributed by atoms with Crippen molar-refractivity contribution < 1.29 is 28.5 Å². The molecule has 0 radical (unpaired) electrons. The van der Waals surface area contributed by atoms with Crippen molar-refractivity contribution in [2.45, 2.75) is 24.4 Å². The van der Waals surface area contributed by atoms with E-state index in [1.165, 1.54) is 14.2 Å². The first kappa shape index (κ1) is 12.1. The quantitative estimate of drug-likeness (QED) is 0.522. The van der Waals surface area contributed by atoms with Gasteiger partial charge in [-0.05, 0) is 0 Å². The third kappa shape index (κ3) is 0.901. The molecule has 0 aromatic rings. The van der Waals surface area contributed by atoms with Crippen LogP contribution < -0.4 is 0 Å². The molecule has 20 heavy (non-hydrogen) atoms. The molecular weight excluding hydrogens is 264 g/mol. The molecule has 6 atom stereocenters. The average Bonchev–Trinajstić information content (AvgIpc) is 3.21. The van der Waals surface area contributed by atoms with Crippen LogP contribution in [0, 0.1) is 10.8 Å². The minimum absolute atomic E-state index is 0.489. The van der Waals surface area contributed by atoms with Gasteiger partial charge in [-0.15, -0.1) is 0 Å². The molecule has 0 saturated carbocycles. The lowest BCUT2D eigenvalue weighted by molar-refractivity contribution is -0.174. The lowest BCUT2D eigenvalue weighted by atomic mass is 9.53. The van der Waals surface area contributed by atoms with Crippen molar-refractivity contribution in [3.05, 3.63) is 24.3 Å². The summed E-state index contributed by atoms with van der Waals surface area (Å²) in [5.41, 5.74) is -2.37. The maximum atomic E-state index is 12.6. The number of carbonyl (C=O) groups is 2. The van der Waals surface area contributed by atoms with Crippen molar-refractivity contribution in [1.82, 2.24) is 0 Å². The van der Waals surface area contributed by atoms with Crippen LogP contribution in [0.25, 0.3) is 0 Å². The van der Waals surface area contributed by atoms with E-state index in [0.717, 1.165) is 0 Å². The summed E-state index contributed by atoms with van der Waals surface area (Å²) in [6.45, 7) is 0. The van der Waals surface area contributed by atoms with E-state index in [9.17, 15) is 9.59 Å². The fourth-order valence-corrected chi connectivity index (χ4v) is 4.34. The first-order valence-corrected chi connectivity index (χ1v) is 6.48. The second kappa shape index (κ2) is 3.51. The molecule has 0 N–H and O–H groups in total. The summed E-state index contributed by atoms with van der Waals surface area (Å²) in [6, 6.07) is 0. The summed E-state index contributed by atoms with van der Waals surface area (Å²) in [7, 11) is 2.62. The standard InChI is InChI=1S/C14H14O6/c1-17-11(15)13-7-3-5-9(19-7)14(13,12(16)18-2)10-6-4-8(13)20-10/h3-10H,1-2H3/t7-,8+,9+,10-,13?,14?. The highest BCUT2D eigenvalue weighted by atomic mass is 16.6. The summed E-state index contributed by atoms with van der Waals surface area (Å²) in [5.74, 6) is -0.979. The molecule has 2 unspecified atom stereocenters.